The van der Waals surface area contributed by atoms with Crippen LogP contribution in [-0.4, -0.2) is 22.0 Å². The Morgan fingerprint density at radius 2 is 2.06 bits per heavy atom. The van der Waals surface area contributed by atoms with E-state index < -0.39 is 10.8 Å². The van der Waals surface area contributed by atoms with Crippen LogP contribution < -0.4 is 5.32 Å². The topological polar surface area (TPSA) is 29.1 Å². The maximum atomic E-state index is 12.5. The van der Waals surface area contributed by atoms with Crippen LogP contribution in [0.4, 0.5) is 0 Å². The van der Waals surface area contributed by atoms with Crippen LogP contribution in [0.1, 0.15) is 32.6 Å². The summed E-state index contributed by atoms with van der Waals surface area (Å²) in [6.45, 7) is 3.21. The van der Waals surface area contributed by atoms with E-state index in [2.05, 4.69) is 12.2 Å². The summed E-state index contributed by atoms with van der Waals surface area (Å²) in [6.07, 6.45) is 4.60. The lowest BCUT2D eigenvalue weighted by molar-refractivity contribution is 0.523. The molecular formula is C14H21NOS. The third-order valence-corrected chi connectivity index (χ3v) is 5.21. The van der Waals surface area contributed by atoms with Gasteiger partial charge in [0.25, 0.3) is 0 Å². The third-order valence-electron chi connectivity index (χ3n) is 3.36. The lowest BCUT2D eigenvalue weighted by Gasteiger charge is -2.20. The summed E-state index contributed by atoms with van der Waals surface area (Å²) in [5, 5.41) is 3.83. The predicted octanol–water partition coefficient (Wildman–Crippen LogP) is 2.71. The highest BCUT2D eigenvalue weighted by Crippen LogP contribution is 2.27. The fourth-order valence-electron chi connectivity index (χ4n) is 2.47. The van der Waals surface area contributed by atoms with Gasteiger partial charge in [-0.3, -0.25) is 4.21 Å². The number of hydrogen-bond donors (Lipinski definition) is 1. The van der Waals surface area contributed by atoms with Crippen LogP contribution in [-0.2, 0) is 10.8 Å². The Morgan fingerprint density at radius 3 is 2.76 bits per heavy atom. The molecule has 0 heterocycles. The maximum absolute atomic E-state index is 12.5. The van der Waals surface area contributed by atoms with Crippen molar-refractivity contribution >= 4 is 10.8 Å². The van der Waals surface area contributed by atoms with Crippen molar-refractivity contribution in [1.82, 2.24) is 5.32 Å². The molecule has 1 aromatic rings. The Morgan fingerprint density at radius 1 is 1.29 bits per heavy atom. The van der Waals surface area contributed by atoms with Crippen molar-refractivity contribution in [3.63, 3.8) is 0 Å². The van der Waals surface area contributed by atoms with Gasteiger partial charge in [-0.15, -0.1) is 0 Å². The van der Waals surface area contributed by atoms with E-state index in [9.17, 15) is 4.21 Å². The highest BCUT2D eigenvalue weighted by Gasteiger charge is 2.31. The van der Waals surface area contributed by atoms with Crippen molar-refractivity contribution in [2.75, 3.05) is 6.54 Å². The average Bonchev–Trinajstić information content (AvgIpc) is 2.84. The molecular weight excluding hydrogens is 230 g/mol. The Bertz CT molecular complexity index is 366. The quantitative estimate of drug-likeness (QED) is 0.872. The minimum atomic E-state index is -0.855. The van der Waals surface area contributed by atoms with Crippen LogP contribution >= 0.6 is 0 Å². The van der Waals surface area contributed by atoms with E-state index in [1.165, 1.54) is 12.8 Å². The monoisotopic (exact) mass is 251 g/mol. The van der Waals surface area contributed by atoms with Crippen molar-refractivity contribution < 1.29 is 4.21 Å². The molecule has 0 saturated heterocycles. The van der Waals surface area contributed by atoms with Crippen LogP contribution in [0.15, 0.2) is 35.2 Å². The molecule has 2 rings (SSSR count). The van der Waals surface area contributed by atoms with E-state index in [1.807, 2.05) is 30.3 Å². The fraction of sp³-hybridized carbons (Fsp3) is 0.571. The zero-order chi connectivity index (χ0) is 12.1. The van der Waals surface area contributed by atoms with Gasteiger partial charge in [0.05, 0.1) is 16.0 Å². The van der Waals surface area contributed by atoms with Crippen LogP contribution in [0.5, 0.6) is 0 Å². The third kappa shape index (κ3) is 3.17. The lowest BCUT2D eigenvalue weighted by atomic mass is 10.2. The lowest BCUT2D eigenvalue weighted by Crippen LogP contribution is -2.38. The zero-order valence-corrected chi connectivity index (χ0v) is 11.2. The average molecular weight is 251 g/mol. The SMILES string of the molecule is CCCNC1CCCC1S(=O)c1ccccc1. The smallest absolute Gasteiger partial charge is 0.0576 e. The van der Waals surface area contributed by atoms with Crippen LogP contribution in [0.25, 0.3) is 0 Å². The van der Waals surface area contributed by atoms with Gasteiger partial charge in [-0.1, -0.05) is 31.5 Å². The Hall–Kier alpha value is -0.670. The summed E-state index contributed by atoms with van der Waals surface area (Å²) >= 11 is 0. The summed E-state index contributed by atoms with van der Waals surface area (Å²) in [5.74, 6) is 0. The molecule has 1 saturated carbocycles. The highest BCUT2D eigenvalue weighted by atomic mass is 32.2. The molecule has 94 valence electrons. The van der Waals surface area contributed by atoms with Crippen LogP contribution in [0.3, 0.4) is 0 Å². The summed E-state index contributed by atoms with van der Waals surface area (Å²) < 4.78 is 12.5. The number of hydrogen-bond acceptors (Lipinski definition) is 2. The summed E-state index contributed by atoms with van der Waals surface area (Å²) in [4.78, 5) is 0.975. The summed E-state index contributed by atoms with van der Waals surface area (Å²) in [5.41, 5.74) is 0. The van der Waals surface area contributed by atoms with Gasteiger partial charge in [0.15, 0.2) is 0 Å². The van der Waals surface area contributed by atoms with Gasteiger partial charge >= 0.3 is 0 Å². The van der Waals surface area contributed by atoms with E-state index >= 15 is 0 Å². The zero-order valence-electron chi connectivity index (χ0n) is 10.4. The molecule has 17 heavy (non-hydrogen) atoms. The maximum Gasteiger partial charge on any atom is 0.0576 e. The van der Waals surface area contributed by atoms with E-state index in [0.717, 1.165) is 24.3 Å². The first kappa shape index (κ1) is 12.8. The second-order valence-corrected chi connectivity index (χ2v) is 6.31. The standard InChI is InChI=1S/C14H21NOS/c1-2-11-15-13-9-6-10-14(13)17(16)12-7-4-3-5-8-12/h3-5,7-8,13-15H,2,6,9-11H2,1H3. The molecule has 0 amide bonds. The Labute approximate surface area is 106 Å². The molecule has 0 aromatic heterocycles. The first-order valence-electron chi connectivity index (χ1n) is 6.52. The summed E-state index contributed by atoms with van der Waals surface area (Å²) in [7, 11) is -0.855. The molecule has 1 aliphatic carbocycles. The van der Waals surface area contributed by atoms with Gasteiger partial charge < -0.3 is 5.32 Å². The van der Waals surface area contributed by atoms with Crippen molar-refractivity contribution in [1.29, 1.82) is 0 Å². The van der Waals surface area contributed by atoms with E-state index in [0.29, 0.717) is 11.3 Å². The molecule has 1 aliphatic rings. The molecule has 0 aliphatic heterocycles. The first-order chi connectivity index (χ1) is 8.33. The summed E-state index contributed by atoms with van der Waals surface area (Å²) in [6, 6.07) is 10.3. The largest absolute Gasteiger partial charge is 0.313 e. The molecule has 0 bridgehead atoms. The van der Waals surface area contributed by atoms with Crippen molar-refractivity contribution in [2.45, 2.75) is 48.8 Å². The number of nitrogens with one attached hydrogen (secondary N) is 1. The van der Waals surface area contributed by atoms with Gasteiger partial charge in [0.1, 0.15) is 0 Å². The van der Waals surface area contributed by atoms with Gasteiger partial charge in [-0.05, 0) is 37.9 Å². The van der Waals surface area contributed by atoms with Gasteiger partial charge in [-0.25, -0.2) is 0 Å². The van der Waals surface area contributed by atoms with Crippen LogP contribution in [0, 0.1) is 0 Å². The molecule has 1 N–H and O–H groups in total. The van der Waals surface area contributed by atoms with Gasteiger partial charge in [0, 0.05) is 10.9 Å². The Balaban J connectivity index is 2.03. The molecule has 3 heteroatoms. The minimum Gasteiger partial charge on any atom is -0.313 e. The molecule has 3 unspecified atom stereocenters. The number of benzene rings is 1. The fourth-order valence-corrected chi connectivity index (χ4v) is 4.16. The second kappa shape index (κ2) is 6.31. The van der Waals surface area contributed by atoms with E-state index in [1.54, 1.807) is 0 Å². The van der Waals surface area contributed by atoms with Gasteiger partial charge in [-0.2, -0.15) is 0 Å². The molecule has 0 radical (unpaired) electrons. The highest BCUT2D eigenvalue weighted by molar-refractivity contribution is 7.85. The minimum absolute atomic E-state index is 0.295. The predicted molar refractivity (Wildman–Crippen MR) is 72.6 cm³/mol. The van der Waals surface area contributed by atoms with Crippen LogP contribution in [0.2, 0.25) is 0 Å². The van der Waals surface area contributed by atoms with Crippen molar-refractivity contribution in [2.24, 2.45) is 0 Å². The van der Waals surface area contributed by atoms with Crippen molar-refractivity contribution in [3.8, 4) is 0 Å². The Kier molecular flexibility index (Phi) is 4.75. The molecule has 3 atom stereocenters. The molecule has 1 fully saturated rings. The van der Waals surface area contributed by atoms with Crippen molar-refractivity contribution in [3.05, 3.63) is 30.3 Å². The van der Waals surface area contributed by atoms with E-state index in [-0.39, 0.29) is 0 Å². The second-order valence-electron chi connectivity index (χ2n) is 4.64. The molecule has 2 nitrogen and oxygen atoms in total. The van der Waals surface area contributed by atoms with Gasteiger partial charge in [0.2, 0.25) is 0 Å². The number of rotatable bonds is 5. The first-order valence-corrected chi connectivity index (χ1v) is 7.73. The molecule has 1 aromatic carbocycles. The van der Waals surface area contributed by atoms with E-state index in [4.69, 9.17) is 0 Å². The molecule has 0 spiro atoms. The normalized spacial score (nSPS) is 25.9.